The molecule has 2 aromatic rings. The van der Waals surface area contributed by atoms with Gasteiger partial charge in [-0.05, 0) is 37.9 Å². The number of aliphatic hydroxyl groups is 1. The van der Waals surface area contributed by atoms with Crippen LogP contribution in [0.3, 0.4) is 0 Å². The van der Waals surface area contributed by atoms with Crippen LogP contribution < -0.4 is 0 Å². The highest BCUT2D eigenvalue weighted by Crippen LogP contribution is 2.39. The number of carbonyl (C=O) groups excluding carboxylic acids is 1. The molecular weight excluding hydrogens is 344 g/mol. The maximum absolute atomic E-state index is 12.4. The molecule has 0 aliphatic carbocycles. The van der Waals surface area contributed by atoms with Gasteiger partial charge in [0.15, 0.2) is 0 Å². The molecule has 27 heavy (non-hydrogen) atoms. The lowest BCUT2D eigenvalue weighted by Gasteiger charge is -2.48. The number of nitrogens with one attached hydrogen (secondary N) is 1. The zero-order chi connectivity index (χ0) is 18.7. The standard InChI is InChI=1S/C20H28N4O3/c25-12-18-3-2-17(27-18)11-23-8-1-6-20(13-23)7-4-19(26)24(14-20)9-5-16-10-21-15-22-16/h2-3,10,15,25H,1,4-9,11-14H2,(H,21,22)/t20-/m1/s1. The molecule has 7 heteroatoms. The van der Waals surface area contributed by atoms with E-state index in [0.717, 1.165) is 63.4 Å². The lowest BCUT2D eigenvalue weighted by Crippen LogP contribution is -2.54. The van der Waals surface area contributed by atoms with Gasteiger partial charge in [-0.2, -0.15) is 0 Å². The molecule has 4 heterocycles. The summed E-state index contributed by atoms with van der Waals surface area (Å²) in [5.74, 6) is 1.79. The van der Waals surface area contributed by atoms with E-state index in [2.05, 4.69) is 14.9 Å². The van der Waals surface area contributed by atoms with E-state index in [1.165, 1.54) is 6.42 Å². The highest BCUT2D eigenvalue weighted by atomic mass is 16.4. The summed E-state index contributed by atoms with van der Waals surface area (Å²) in [6, 6.07) is 3.79. The first kappa shape index (κ1) is 18.3. The molecule has 2 N–H and O–H groups in total. The summed E-state index contributed by atoms with van der Waals surface area (Å²) in [5.41, 5.74) is 1.26. The summed E-state index contributed by atoms with van der Waals surface area (Å²) in [7, 11) is 0. The smallest absolute Gasteiger partial charge is 0.222 e. The third-order valence-corrected chi connectivity index (χ3v) is 5.95. The molecule has 0 radical (unpaired) electrons. The Labute approximate surface area is 159 Å². The Bertz CT molecular complexity index is 757. The summed E-state index contributed by atoms with van der Waals surface area (Å²) in [4.78, 5) is 24.1. The Morgan fingerprint density at radius 3 is 2.93 bits per heavy atom. The summed E-state index contributed by atoms with van der Waals surface area (Å²) in [5, 5.41) is 9.18. The molecule has 0 bridgehead atoms. The predicted molar refractivity (Wildman–Crippen MR) is 99.7 cm³/mol. The SMILES string of the molecule is O=C1CC[C@@]2(CCCN(Cc3ccc(CO)o3)C2)CN1CCc1cnc[nH]1. The van der Waals surface area contributed by atoms with Crippen LogP contribution in [0.4, 0.5) is 0 Å². The van der Waals surface area contributed by atoms with Crippen LogP contribution in [0.2, 0.25) is 0 Å². The minimum Gasteiger partial charge on any atom is -0.462 e. The molecule has 1 spiro atoms. The van der Waals surface area contributed by atoms with Gasteiger partial charge < -0.3 is 19.4 Å². The Balaban J connectivity index is 1.38. The number of piperidine rings is 2. The summed E-state index contributed by atoms with van der Waals surface area (Å²) >= 11 is 0. The van der Waals surface area contributed by atoms with Crippen molar-refractivity contribution in [1.29, 1.82) is 0 Å². The molecule has 0 saturated carbocycles. The summed E-state index contributed by atoms with van der Waals surface area (Å²) < 4.78 is 5.66. The molecule has 2 saturated heterocycles. The molecule has 0 aromatic carbocycles. The number of hydrogen-bond acceptors (Lipinski definition) is 5. The fourth-order valence-corrected chi connectivity index (χ4v) is 4.57. The minimum atomic E-state index is -0.0582. The van der Waals surface area contributed by atoms with Crippen molar-refractivity contribution < 1.29 is 14.3 Å². The third kappa shape index (κ3) is 4.25. The van der Waals surface area contributed by atoms with Crippen molar-refractivity contribution in [1.82, 2.24) is 19.8 Å². The Kier molecular flexibility index (Phi) is 5.31. The average molecular weight is 372 g/mol. The van der Waals surface area contributed by atoms with Crippen LogP contribution in [0.1, 0.15) is 42.9 Å². The number of aromatic nitrogens is 2. The van der Waals surface area contributed by atoms with Gasteiger partial charge in [-0.3, -0.25) is 9.69 Å². The Morgan fingerprint density at radius 1 is 1.26 bits per heavy atom. The summed E-state index contributed by atoms with van der Waals surface area (Å²) in [6.45, 7) is 4.35. The van der Waals surface area contributed by atoms with E-state index in [0.29, 0.717) is 12.2 Å². The van der Waals surface area contributed by atoms with Crippen LogP contribution in [0, 0.1) is 5.41 Å². The Hall–Kier alpha value is -2.12. The summed E-state index contributed by atoms with van der Waals surface area (Å²) in [6.07, 6.45) is 8.28. The molecule has 2 aromatic heterocycles. The second kappa shape index (κ2) is 7.86. The molecule has 7 nitrogen and oxygen atoms in total. The zero-order valence-electron chi connectivity index (χ0n) is 15.7. The van der Waals surface area contributed by atoms with E-state index in [1.807, 2.05) is 23.2 Å². The lowest BCUT2D eigenvalue weighted by atomic mass is 9.73. The molecule has 4 rings (SSSR count). The normalized spacial score (nSPS) is 24.0. The van der Waals surface area contributed by atoms with Crippen molar-refractivity contribution in [2.75, 3.05) is 26.2 Å². The number of likely N-dealkylation sites (tertiary alicyclic amines) is 2. The van der Waals surface area contributed by atoms with E-state index in [9.17, 15) is 9.90 Å². The molecular formula is C20H28N4O3. The van der Waals surface area contributed by atoms with Crippen molar-refractivity contribution in [3.63, 3.8) is 0 Å². The van der Waals surface area contributed by atoms with E-state index in [4.69, 9.17) is 4.42 Å². The fraction of sp³-hybridized carbons (Fsp3) is 0.600. The number of H-pyrrole nitrogens is 1. The number of hydrogen-bond donors (Lipinski definition) is 2. The molecule has 146 valence electrons. The number of amides is 1. The maximum atomic E-state index is 12.4. The second-order valence-corrected chi connectivity index (χ2v) is 7.98. The quantitative estimate of drug-likeness (QED) is 0.809. The van der Waals surface area contributed by atoms with Crippen LogP contribution in [0.15, 0.2) is 29.1 Å². The lowest BCUT2D eigenvalue weighted by molar-refractivity contribution is -0.139. The number of aromatic amines is 1. The largest absolute Gasteiger partial charge is 0.462 e. The van der Waals surface area contributed by atoms with Gasteiger partial charge in [0.25, 0.3) is 0 Å². The van der Waals surface area contributed by atoms with Crippen LogP contribution in [-0.2, 0) is 24.4 Å². The van der Waals surface area contributed by atoms with Gasteiger partial charge in [0, 0.05) is 49.8 Å². The van der Waals surface area contributed by atoms with E-state index < -0.39 is 0 Å². The van der Waals surface area contributed by atoms with Gasteiger partial charge in [-0.25, -0.2) is 4.98 Å². The molecule has 0 unspecified atom stereocenters. The fourth-order valence-electron chi connectivity index (χ4n) is 4.57. The molecule has 2 aliphatic rings. The monoisotopic (exact) mass is 372 g/mol. The first-order valence-electron chi connectivity index (χ1n) is 9.82. The molecule has 2 aliphatic heterocycles. The van der Waals surface area contributed by atoms with E-state index in [-0.39, 0.29) is 17.9 Å². The van der Waals surface area contributed by atoms with Gasteiger partial charge in [0.05, 0.1) is 12.9 Å². The first-order chi connectivity index (χ1) is 13.2. The van der Waals surface area contributed by atoms with Crippen molar-refractivity contribution >= 4 is 5.91 Å². The van der Waals surface area contributed by atoms with Crippen LogP contribution in [0.5, 0.6) is 0 Å². The second-order valence-electron chi connectivity index (χ2n) is 7.98. The number of imidazole rings is 1. The van der Waals surface area contributed by atoms with Crippen LogP contribution in [-0.4, -0.2) is 57.0 Å². The topological polar surface area (TPSA) is 85.6 Å². The van der Waals surface area contributed by atoms with Crippen molar-refractivity contribution in [3.8, 4) is 0 Å². The van der Waals surface area contributed by atoms with Gasteiger partial charge in [-0.15, -0.1) is 0 Å². The number of aliphatic hydroxyl groups excluding tert-OH is 1. The van der Waals surface area contributed by atoms with E-state index >= 15 is 0 Å². The van der Waals surface area contributed by atoms with Crippen LogP contribution in [0.25, 0.3) is 0 Å². The number of furan rings is 1. The molecule has 1 atom stereocenters. The predicted octanol–water partition coefficient (Wildman–Crippen LogP) is 1.94. The average Bonchev–Trinajstić information content (AvgIpc) is 3.35. The van der Waals surface area contributed by atoms with Gasteiger partial charge in [0.2, 0.25) is 5.91 Å². The highest BCUT2D eigenvalue weighted by molar-refractivity contribution is 5.77. The van der Waals surface area contributed by atoms with Gasteiger partial charge >= 0.3 is 0 Å². The van der Waals surface area contributed by atoms with Crippen molar-refractivity contribution in [2.45, 2.75) is 45.3 Å². The third-order valence-electron chi connectivity index (χ3n) is 5.95. The number of nitrogens with zero attached hydrogens (tertiary/aromatic N) is 3. The molecule has 1 amide bonds. The number of rotatable bonds is 6. The van der Waals surface area contributed by atoms with Crippen molar-refractivity contribution in [3.05, 3.63) is 41.9 Å². The van der Waals surface area contributed by atoms with Gasteiger partial charge in [-0.1, -0.05) is 0 Å². The zero-order valence-corrected chi connectivity index (χ0v) is 15.7. The highest BCUT2D eigenvalue weighted by Gasteiger charge is 2.41. The van der Waals surface area contributed by atoms with E-state index in [1.54, 1.807) is 6.33 Å². The minimum absolute atomic E-state index is 0.0582. The van der Waals surface area contributed by atoms with Gasteiger partial charge in [0.1, 0.15) is 18.1 Å². The Morgan fingerprint density at radius 2 is 2.15 bits per heavy atom. The van der Waals surface area contributed by atoms with Crippen LogP contribution >= 0.6 is 0 Å². The number of carbonyl (C=O) groups is 1. The first-order valence-corrected chi connectivity index (χ1v) is 9.82. The molecule has 2 fully saturated rings. The maximum Gasteiger partial charge on any atom is 0.222 e. The van der Waals surface area contributed by atoms with Crippen molar-refractivity contribution in [2.24, 2.45) is 5.41 Å².